The highest BCUT2D eigenvalue weighted by Crippen LogP contribution is 2.48. The molecule has 0 aliphatic rings. The first kappa shape index (κ1) is 14.1. The summed E-state index contributed by atoms with van der Waals surface area (Å²) in [6.45, 7) is 0. The van der Waals surface area contributed by atoms with Gasteiger partial charge in [0, 0.05) is 11.4 Å². The van der Waals surface area contributed by atoms with E-state index < -0.39 is 7.53 Å². The third-order valence-electron chi connectivity index (χ3n) is 3.94. The molecule has 0 aliphatic carbocycles. The van der Waals surface area contributed by atoms with Gasteiger partial charge in [0.1, 0.15) is 0 Å². The third kappa shape index (κ3) is 2.86. The van der Waals surface area contributed by atoms with Gasteiger partial charge in [-0.2, -0.15) is 0 Å². The van der Waals surface area contributed by atoms with Gasteiger partial charge in [-0.05, 0) is 27.8 Å². The topological polar surface area (TPSA) is 0 Å². The van der Waals surface area contributed by atoms with Crippen molar-refractivity contribution >= 4 is 7.53 Å². The summed E-state index contributed by atoms with van der Waals surface area (Å²) >= 11 is 0. The Morgan fingerprint density at radius 1 is 0.565 bits per heavy atom. The number of hydrogen-bond donors (Lipinski definition) is 0. The van der Waals surface area contributed by atoms with E-state index in [4.69, 9.17) is 0 Å². The standard InChI is InChI=1S/C22H16P/c1-4-10-18(11-5-1)21-16-23(20-14-8-3-9-15-20)17-22(21)19-12-6-2-7-13-19/h1-16H. The van der Waals surface area contributed by atoms with Crippen LogP contribution in [0.3, 0.4) is 0 Å². The molecule has 0 amide bonds. The van der Waals surface area contributed by atoms with Crippen LogP contribution in [-0.4, -0.2) is 0 Å². The molecule has 0 bridgehead atoms. The van der Waals surface area contributed by atoms with E-state index in [9.17, 15) is 0 Å². The van der Waals surface area contributed by atoms with Crippen molar-refractivity contribution in [2.75, 3.05) is 0 Å². The fraction of sp³-hybridized carbons (Fsp3) is 0. The molecule has 0 saturated heterocycles. The molecule has 0 spiro atoms. The minimum Gasteiger partial charge on any atom is -0.0837 e. The van der Waals surface area contributed by atoms with Gasteiger partial charge >= 0.3 is 0 Å². The number of rotatable bonds is 3. The molecule has 1 radical (unpaired) electrons. The molecule has 1 heterocycles. The Bertz CT molecular complexity index is 834. The van der Waals surface area contributed by atoms with Gasteiger partial charge in [0.2, 0.25) is 0 Å². The highest BCUT2D eigenvalue weighted by atomic mass is 31.1. The summed E-state index contributed by atoms with van der Waals surface area (Å²) < 4.78 is 0. The fourth-order valence-electron chi connectivity index (χ4n) is 2.80. The lowest BCUT2D eigenvalue weighted by Crippen LogP contribution is -1.79. The molecule has 4 rings (SSSR count). The zero-order valence-electron chi connectivity index (χ0n) is 12.7. The molecular formula is C22H16P. The van der Waals surface area contributed by atoms with Crippen LogP contribution in [0, 0.1) is 5.80 Å². The first-order valence-corrected chi connectivity index (χ1v) is 9.14. The lowest BCUT2D eigenvalue weighted by atomic mass is 9.99. The zero-order valence-corrected chi connectivity index (χ0v) is 13.6. The second-order valence-corrected chi connectivity index (χ2v) is 7.21. The molecule has 0 saturated carbocycles. The van der Waals surface area contributed by atoms with Crippen LogP contribution in [0.1, 0.15) is 0 Å². The lowest BCUT2D eigenvalue weighted by molar-refractivity contribution is 1.63. The van der Waals surface area contributed by atoms with Crippen LogP contribution in [0.15, 0.2) is 96.8 Å². The maximum Gasteiger partial charge on any atom is 0.0191 e. The molecule has 0 nitrogen and oxygen atoms in total. The second kappa shape index (κ2) is 6.28. The molecule has 1 heteroatoms. The Morgan fingerprint density at radius 3 is 1.70 bits per heavy atom. The second-order valence-electron chi connectivity index (χ2n) is 5.47. The van der Waals surface area contributed by atoms with Gasteiger partial charge in [-0.3, -0.25) is 0 Å². The molecule has 0 N–H and O–H groups in total. The van der Waals surface area contributed by atoms with Crippen molar-refractivity contribution in [2.45, 2.75) is 0 Å². The van der Waals surface area contributed by atoms with Gasteiger partial charge in [-0.1, -0.05) is 98.5 Å². The zero-order chi connectivity index (χ0) is 15.5. The third-order valence-corrected chi connectivity index (χ3v) is 5.78. The average Bonchev–Trinajstić information content (AvgIpc) is 3.09. The minimum absolute atomic E-state index is 0.515. The summed E-state index contributed by atoms with van der Waals surface area (Å²) in [5, 5.41) is 1.35. The van der Waals surface area contributed by atoms with Crippen molar-refractivity contribution in [3.8, 4) is 27.6 Å². The average molecular weight is 311 g/mol. The Morgan fingerprint density at radius 2 is 1.09 bits per heavy atom. The Balaban J connectivity index is 1.91. The van der Waals surface area contributed by atoms with Crippen LogP contribution in [0.2, 0.25) is 0 Å². The summed E-state index contributed by atoms with van der Waals surface area (Å²) in [6, 6.07) is 31.9. The largest absolute Gasteiger partial charge is 0.0837 e. The van der Waals surface area contributed by atoms with E-state index in [-0.39, 0.29) is 0 Å². The van der Waals surface area contributed by atoms with Gasteiger partial charge in [0.15, 0.2) is 0 Å². The molecular weight excluding hydrogens is 295 g/mol. The van der Waals surface area contributed by atoms with Crippen LogP contribution in [0.4, 0.5) is 0 Å². The van der Waals surface area contributed by atoms with E-state index in [1.165, 1.54) is 27.6 Å². The van der Waals surface area contributed by atoms with Crippen molar-refractivity contribution in [3.05, 3.63) is 103 Å². The number of benzene rings is 3. The van der Waals surface area contributed by atoms with Crippen LogP contribution in [0.25, 0.3) is 27.6 Å². The van der Waals surface area contributed by atoms with E-state index >= 15 is 0 Å². The summed E-state index contributed by atoms with van der Waals surface area (Å²) in [5.41, 5.74) is 5.03. The molecule has 23 heavy (non-hydrogen) atoms. The first-order chi connectivity index (χ1) is 11.4. The lowest BCUT2D eigenvalue weighted by Gasteiger charge is -2.04. The molecule has 4 aromatic rings. The van der Waals surface area contributed by atoms with Crippen LogP contribution in [-0.2, 0) is 0 Å². The minimum atomic E-state index is -0.515. The van der Waals surface area contributed by atoms with Gasteiger partial charge in [0.25, 0.3) is 0 Å². The molecule has 0 fully saturated rings. The maximum atomic E-state index is 3.76. The van der Waals surface area contributed by atoms with Crippen molar-refractivity contribution in [1.29, 1.82) is 0 Å². The SMILES string of the molecule is [c]1c(-c2ccccc2)c(-c2ccccc2)cp1-c1ccccc1. The summed E-state index contributed by atoms with van der Waals surface area (Å²) in [6.07, 6.45) is 0. The van der Waals surface area contributed by atoms with Crippen LogP contribution >= 0.6 is 7.53 Å². The molecule has 0 aliphatic heterocycles. The van der Waals surface area contributed by atoms with E-state index in [2.05, 4.69) is 103 Å². The van der Waals surface area contributed by atoms with E-state index in [1.807, 2.05) is 0 Å². The predicted molar refractivity (Wildman–Crippen MR) is 100 cm³/mol. The Kier molecular flexibility index (Phi) is 3.84. The predicted octanol–water partition coefficient (Wildman–Crippen LogP) is 6.80. The van der Waals surface area contributed by atoms with Crippen LogP contribution < -0.4 is 0 Å². The van der Waals surface area contributed by atoms with Crippen molar-refractivity contribution in [1.82, 2.24) is 0 Å². The molecule has 3 aromatic carbocycles. The van der Waals surface area contributed by atoms with Crippen molar-refractivity contribution < 1.29 is 0 Å². The Labute approximate surface area is 138 Å². The van der Waals surface area contributed by atoms with Crippen molar-refractivity contribution in [2.24, 2.45) is 0 Å². The van der Waals surface area contributed by atoms with Gasteiger partial charge < -0.3 is 0 Å². The van der Waals surface area contributed by atoms with Gasteiger partial charge in [-0.25, -0.2) is 0 Å². The first-order valence-electron chi connectivity index (χ1n) is 7.73. The van der Waals surface area contributed by atoms with E-state index in [0.29, 0.717) is 0 Å². The summed E-state index contributed by atoms with van der Waals surface area (Å²) in [5.74, 6) is 6.15. The van der Waals surface area contributed by atoms with Gasteiger partial charge in [-0.15, -0.1) is 0 Å². The molecule has 1 unspecified atom stereocenters. The highest BCUT2D eigenvalue weighted by Gasteiger charge is 2.12. The molecule has 1 atom stereocenters. The van der Waals surface area contributed by atoms with E-state index in [0.717, 1.165) is 0 Å². The monoisotopic (exact) mass is 311 g/mol. The molecule has 109 valence electrons. The normalized spacial score (nSPS) is 10.6. The fourth-order valence-corrected chi connectivity index (χ4v) is 4.66. The van der Waals surface area contributed by atoms with Crippen LogP contribution in [0.5, 0.6) is 0 Å². The van der Waals surface area contributed by atoms with Crippen molar-refractivity contribution in [3.63, 3.8) is 0 Å². The van der Waals surface area contributed by atoms with E-state index in [1.54, 1.807) is 0 Å². The Hall–Kier alpha value is -2.56. The smallest absolute Gasteiger partial charge is 0.0191 e. The summed E-state index contributed by atoms with van der Waals surface area (Å²) in [7, 11) is -0.515. The number of hydrogen-bond acceptors (Lipinski definition) is 0. The summed E-state index contributed by atoms with van der Waals surface area (Å²) in [4.78, 5) is 0. The highest BCUT2D eigenvalue weighted by molar-refractivity contribution is 7.56. The molecule has 1 aromatic heterocycles. The quantitative estimate of drug-likeness (QED) is 0.390. The maximum absolute atomic E-state index is 3.76. The van der Waals surface area contributed by atoms with Gasteiger partial charge in [0.05, 0.1) is 0 Å².